The van der Waals surface area contributed by atoms with Crippen LogP contribution in [0.4, 0.5) is 0 Å². The van der Waals surface area contributed by atoms with E-state index in [9.17, 15) is 9.90 Å². The number of nitrogens with one attached hydrogen (secondary N) is 1. The van der Waals surface area contributed by atoms with E-state index in [0.717, 1.165) is 5.56 Å². The van der Waals surface area contributed by atoms with Crippen LogP contribution in [-0.4, -0.2) is 27.0 Å². The molecule has 0 unspecified atom stereocenters. The van der Waals surface area contributed by atoms with Crippen molar-refractivity contribution in [3.63, 3.8) is 0 Å². The molecule has 7 nitrogen and oxygen atoms in total. The molecule has 0 fully saturated rings. The van der Waals surface area contributed by atoms with Crippen molar-refractivity contribution in [1.29, 1.82) is 5.41 Å². The average Bonchev–Trinajstić information content (AvgIpc) is 3.20. The molecule has 4 N–H and O–H groups in total. The zero-order chi connectivity index (χ0) is 23.5. The van der Waals surface area contributed by atoms with Crippen LogP contribution in [0.2, 0.25) is 5.02 Å². The maximum atomic E-state index is 11.7. The molecule has 1 aromatic heterocycles. The molecule has 0 bridgehead atoms. The number of phenols is 1. The van der Waals surface area contributed by atoms with Gasteiger partial charge in [0, 0.05) is 23.8 Å². The fraction of sp³-hybridized carbons (Fsp3) is 0.0800. The number of nitrogens with zero attached hydrogens (tertiary/aromatic N) is 2. The summed E-state index contributed by atoms with van der Waals surface area (Å²) in [6, 6.07) is 19.5. The van der Waals surface area contributed by atoms with Gasteiger partial charge in [0.05, 0.1) is 11.3 Å². The molecule has 0 radical (unpaired) electrons. The van der Waals surface area contributed by atoms with Crippen molar-refractivity contribution in [2.75, 3.05) is 0 Å². The summed E-state index contributed by atoms with van der Waals surface area (Å²) >= 11 is 5.96. The van der Waals surface area contributed by atoms with Gasteiger partial charge in [0.1, 0.15) is 23.8 Å². The topological polar surface area (TPSA) is 114 Å². The summed E-state index contributed by atoms with van der Waals surface area (Å²) in [5.74, 6) is -0.211. The number of carbonyl (C=O) groups is 1. The van der Waals surface area contributed by atoms with E-state index < -0.39 is 5.91 Å². The van der Waals surface area contributed by atoms with Gasteiger partial charge in [-0.15, -0.1) is 0 Å². The second-order valence-electron chi connectivity index (χ2n) is 7.42. The van der Waals surface area contributed by atoms with Gasteiger partial charge < -0.3 is 21.0 Å². The number of rotatable bonds is 7. The smallest absolute Gasteiger partial charge is 0.266 e. The quantitative estimate of drug-likeness (QED) is 0.344. The van der Waals surface area contributed by atoms with Crippen LogP contribution in [0.25, 0.3) is 22.4 Å². The number of benzene rings is 3. The standard InChI is InChI=1S/C25H21ClN4O3/c1-30-21(25(28)32)12-20(29-30)19-9-10-22(33-14-15-5-7-18(26)8-6-15)23(24(19)31)17-4-2-3-16(11-17)13-27/h2-13,27,31H,14H2,1H3,(H2,28,32). The number of halogens is 1. The monoisotopic (exact) mass is 460 g/mol. The van der Waals surface area contributed by atoms with Crippen LogP contribution in [0.3, 0.4) is 0 Å². The first-order valence-electron chi connectivity index (χ1n) is 10.1. The molecule has 4 aromatic rings. The van der Waals surface area contributed by atoms with E-state index in [2.05, 4.69) is 5.10 Å². The van der Waals surface area contributed by atoms with Gasteiger partial charge in [-0.2, -0.15) is 5.10 Å². The van der Waals surface area contributed by atoms with E-state index in [0.29, 0.717) is 38.7 Å². The van der Waals surface area contributed by atoms with E-state index in [-0.39, 0.29) is 18.1 Å². The van der Waals surface area contributed by atoms with Crippen molar-refractivity contribution in [1.82, 2.24) is 9.78 Å². The van der Waals surface area contributed by atoms with Crippen molar-refractivity contribution >= 4 is 23.7 Å². The lowest BCUT2D eigenvalue weighted by molar-refractivity contribution is 0.0991. The van der Waals surface area contributed by atoms with E-state index in [1.165, 1.54) is 17.0 Å². The fourth-order valence-electron chi connectivity index (χ4n) is 3.53. The summed E-state index contributed by atoms with van der Waals surface area (Å²) in [7, 11) is 1.61. The van der Waals surface area contributed by atoms with Crippen molar-refractivity contribution in [3.05, 3.63) is 88.6 Å². The number of ether oxygens (including phenoxy) is 1. The van der Waals surface area contributed by atoms with Crippen LogP contribution >= 0.6 is 11.6 Å². The van der Waals surface area contributed by atoms with Crippen molar-refractivity contribution in [2.45, 2.75) is 6.61 Å². The van der Waals surface area contributed by atoms with Gasteiger partial charge in [0.15, 0.2) is 0 Å². The Labute approximate surface area is 195 Å². The molecule has 8 heteroatoms. The number of primary amides is 1. The van der Waals surface area contributed by atoms with Gasteiger partial charge in [0.2, 0.25) is 0 Å². The highest BCUT2D eigenvalue weighted by Gasteiger charge is 2.20. The highest BCUT2D eigenvalue weighted by atomic mass is 35.5. The maximum absolute atomic E-state index is 11.7. The Morgan fingerprint density at radius 2 is 1.94 bits per heavy atom. The number of carbonyl (C=O) groups excluding carboxylic acids is 1. The maximum Gasteiger partial charge on any atom is 0.266 e. The lowest BCUT2D eigenvalue weighted by atomic mass is 9.97. The molecule has 1 heterocycles. The van der Waals surface area contributed by atoms with Gasteiger partial charge in [-0.3, -0.25) is 9.48 Å². The molecule has 0 saturated carbocycles. The minimum Gasteiger partial charge on any atom is -0.506 e. The van der Waals surface area contributed by atoms with Crippen molar-refractivity contribution in [2.24, 2.45) is 12.8 Å². The van der Waals surface area contributed by atoms with Crippen LogP contribution in [0.15, 0.2) is 66.7 Å². The molecule has 0 aliphatic rings. The molecular weight excluding hydrogens is 440 g/mol. The minimum absolute atomic E-state index is 0.0557. The summed E-state index contributed by atoms with van der Waals surface area (Å²) in [5, 5.41) is 23.8. The van der Waals surface area contributed by atoms with Gasteiger partial charge in [0.25, 0.3) is 5.91 Å². The van der Waals surface area contributed by atoms with E-state index in [1.54, 1.807) is 49.5 Å². The second kappa shape index (κ2) is 9.18. The first kappa shape index (κ1) is 22.1. The minimum atomic E-state index is -0.613. The third kappa shape index (κ3) is 4.58. The summed E-state index contributed by atoms with van der Waals surface area (Å²) in [5.41, 5.74) is 9.18. The molecule has 3 aromatic carbocycles. The Bertz CT molecular complexity index is 1350. The van der Waals surface area contributed by atoms with Crippen LogP contribution < -0.4 is 10.5 Å². The highest BCUT2D eigenvalue weighted by molar-refractivity contribution is 6.30. The number of aromatic hydroxyl groups is 1. The second-order valence-corrected chi connectivity index (χ2v) is 7.86. The molecule has 4 rings (SSSR count). The van der Waals surface area contributed by atoms with Crippen molar-refractivity contribution in [3.8, 4) is 33.9 Å². The fourth-order valence-corrected chi connectivity index (χ4v) is 3.66. The lowest BCUT2D eigenvalue weighted by Gasteiger charge is -2.16. The molecular formula is C25H21ClN4O3. The van der Waals surface area contributed by atoms with Gasteiger partial charge >= 0.3 is 0 Å². The normalized spacial score (nSPS) is 10.7. The van der Waals surface area contributed by atoms with Crippen molar-refractivity contribution < 1.29 is 14.6 Å². The Kier molecular flexibility index (Phi) is 6.15. The third-order valence-corrected chi connectivity index (χ3v) is 5.45. The third-order valence-electron chi connectivity index (χ3n) is 5.20. The lowest BCUT2D eigenvalue weighted by Crippen LogP contribution is -2.15. The first-order chi connectivity index (χ1) is 15.9. The zero-order valence-electron chi connectivity index (χ0n) is 17.7. The molecule has 0 saturated heterocycles. The van der Waals surface area contributed by atoms with E-state index >= 15 is 0 Å². The number of aromatic nitrogens is 2. The summed E-state index contributed by atoms with van der Waals surface area (Å²) in [6.45, 7) is 0.266. The Morgan fingerprint density at radius 3 is 2.61 bits per heavy atom. The Morgan fingerprint density at radius 1 is 1.18 bits per heavy atom. The van der Waals surface area contributed by atoms with E-state index in [4.69, 9.17) is 27.5 Å². The highest BCUT2D eigenvalue weighted by Crippen LogP contribution is 2.44. The molecule has 0 atom stereocenters. The van der Waals surface area contributed by atoms with Gasteiger partial charge in [-0.1, -0.05) is 41.9 Å². The number of amides is 1. The molecule has 0 spiro atoms. The SMILES string of the molecule is Cn1nc(-c2ccc(OCc3ccc(Cl)cc3)c(-c3cccc(C=N)c3)c2O)cc1C(N)=O. The number of hydrogen-bond acceptors (Lipinski definition) is 5. The molecule has 0 aliphatic heterocycles. The molecule has 0 aliphatic carbocycles. The molecule has 166 valence electrons. The molecule has 33 heavy (non-hydrogen) atoms. The molecule has 1 amide bonds. The average molecular weight is 461 g/mol. The zero-order valence-corrected chi connectivity index (χ0v) is 18.5. The summed E-state index contributed by atoms with van der Waals surface area (Å²) < 4.78 is 7.44. The largest absolute Gasteiger partial charge is 0.506 e. The number of phenolic OH excluding ortho intramolecular Hbond substituents is 1. The Balaban J connectivity index is 1.81. The predicted molar refractivity (Wildman–Crippen MR) is 128 cm³/mol. The number of aryl methyl sites for hydroxylation is 1. The number of nitrogens with two attached hydrogens (primary N) is 1. The summed E-state index contributed by atoms with van der Waals surface area (Å²) in [4.78, 5) is 11.7. The Hall–Kier alpha value is -4.10. The van der Waals surface area contributed by atoms with Gasteiger partial charge in [-0.25, -0.2) is 0 Å². The summed E-state index contributed by atoms with van der Waals surface area (Å²) in [6.07, 6.45) is 1.23. The van der Waals surface area contributed by atoms with Crippen LogP contribution in [0, 0.1) is 5.41 Å². The number of hydrogen-bond donors (Lipinski definition) is 3. The first-order valence-corrected chi connectivity index (χ1v) is 10.4. The van der Waals surface area contributed by atoms with Gasteiger partial charge in [-0.05, 0) is 53.1 Å². The predicted octanol–water partition coefficient (Wildman–Crippen LogP) is 4.79. The van der Waals surface area contributed by atoms with E-state index in [1.807, 2.05) is 18.2 Å². The van der Waals surface area contributed by atoms with Crippen LogP contribution in [0.1, 0.15) is 21.6 Å². The van der Waals surface area contributed by atoms with Crippen LogP contribution in [-0.2, 0) is 13.7 Å². The van der Waals surface area contributed by atoms with Crippen LogP contribution in [0.5, 0.6) is 11.5 Å².